The number of nitrogens with zero attached hydrogens (tertiary/aromatic N) is 2. The van der Waals surface area contributed by atoms with Crippen LogP contribution in [0.3, 0.4) is 0 Å². The number of amides is 1. The van der Waals surface area contributed by atoms with Gasteiger partial charge in [0.25, 0.3) is 0 Å². The van der Waals surface area contributed by atoms with Crippen molar-refractivity contribution < 1.29 is 13.7 Å². The maximum absolute atomic E-state index is 13.4. The van der Waals surface area contributed by atoms with Crippen molar-refractivity contribution in [1.29, 1.82) is 0 Å². The minimum Gasteiger partial charge on any atom is -0.444 e. The third-order valence-electron chi connectivity index (χ3n) is 4.88. The number of piperidine rings is 1. The second-order valence-electron chi connectivity index (χ2n) is 8.57. The van der Waals surface area contributed by atoms with Gasteiger partial charge in [-0.1, -0.05) is 18.2 Å². The standard InChI is InChI=1S/C23H30N2O3S2/c1-23(2,3)28-22(26)24-15-7-8-18(16-24)17-25(19-9-5-4-6-10-19)30(27)21-13-11-20(29)12-14-21/h4-6,9-14,18,29H,7-8,15-17H2,1-3H3. The summed E-state index contributed by atoms with van der Waals surface area (Å²) in [6, 6.07) is 17.2. The molecule has 3 rings (SSSR count). The smallest absolute Gasteiger partial charge is 0.410 e. The highest BCUT2D eigenvalue weighted by Gasteiger charge is 2.30. The molecular weight excluding hydrogens is 416 g/mol. The lowest BCUT2D eigenvalue weighted by atomic mass is 9.98. The van der Waals surface area contributed by atoms with Gasteiger partial charge < -0.3 is 9.64 Å². The normalized spacial score (nSPS) is 18.0. The highest BCUT2D eigenvalue weighted by Crippen LogP contribution is 2.26. The lowest BCUT2D eigenvalue weighted by Gasteiger charge is -2.36. The van der Waals surface area contributed by atoms with Gasteiger partial charge in [0, 0.05) is 30.2 Å². The number of hydrogen-bond acceptors (Lipinski definition) is 4. The van der Waals surface area contributed by atoms with Crippen LogP contribution in [0.2, 0.25) is 0 Å². The van der Waals surface area contributed by atoms with Gasteiger partial charge in [0.05, 0.1) is 4.90 Å². The van der Waals surface area contributed by atoms with Crippen LogP contribution in [0.4, 0.5) is 10.5 Å². The Balaban J connectivity index is 1.77. The molecule has 2 atom stereocenters. The summed E-state index contributed by atoms with van der Waals surface area (Å²) < 4.78 is 20.9. The van der Waals surface area contributed by atoms with Crippen molar-refractivity contribution in [2.75, 3.05) is 23.9 Å². The van der Waals surface area contributed by atoms with Gasteiger partial charge in [-0.2, -0.15) is 0 Å². The van der Waals surface area contributed by atoms with Gasteiger partial charge in [0.1, 0.15) is 5.60 Å². The Morgan fingerprint density at radius 1 is 1.17 bits per heavy atom. The Morgan fingerprint density at radius 2 is 1.83 bits per heavy atom. The van der Waals surface area contributed by atoms with E-state index < -0.39 is 16.6 Å². The number of likely N-dealkylation sites (tertiary alicyclic amines) is 1. The van der Waals surface area contributed by atoms with Crippen LogP contribution in [-0.2, 0) is 15.7 Å². The fraction of sp³-hybridized carbons (Fsp3) is 0.435. The van der Waals surface area contributed by atoms with Crippen molar-refractivity contribution in [3.05, 3.63) is 54.6 Å². The van der Waals surface area contributed by atoms with E-state index in [0.29, 0.717) is 19.6 Å². The first-order chi connectivity index (χ1) is 14.2. The topological polar surface area (TPSA) is 49.9 Å². The summed E-state index contributed by atoms with van der Waals surface area (Å²) in [4.78, 5) is 15.9. The van der Waals surface area contributed by atoms with Crippen LogP contribution < -0.4 is 4.31 Å². The molecule has 0 bridgehead atoms. The molecule has 0 saturated carbocycles. The fourth-order valence-electron chi connectivity index (χ4n) is 3.49. The molecule has 0 N–H and O–H groups in total. The van der Waals surface area contributed by atoms with E-state index in [0.717, 1.165) is 28.3 Å². The highest BCUT2D eigenvalue weighted by atomic mass is 32.2. The van der Waals surface area contributed by atoms with Gasteiger partial charge >= 0.3 is 6.09 Å². The number of anilines is 1. The van der Waals surface area contributed by atoms with Crippen LogP contribution >= 0.6 is 12.6 Å². The maximum Gasteiger partial charge on any atom is 0.410 e. The maximum atomic E-state index is 13.4. The highest BCUT2D eigenvalue weighted by molar-refractivity contribution is 7.86. The van der Waals surface area contributed by atoms with E-state index in [1.807, 2.05) is 79.7 Å². The van der Waals surface area contributed by atoms with E-state index in [2.05, 4.69) is 12.6 Å². The largest absolute Gasteiger partial charge is 0.444 e. The summed E-state index contributed by atoms with van der Waals surface area (Å²) >= 11 is 4.32. The van der Waals surface area contributed by atoms with E-state index in [-0.39, 0.29) is 12.0 Å². The monoisotopic (exact) mass is 446 g/mol. The van der Waals surface area contributed by atoms with Crippen molar-refractivity contribution in [1.82, 2.24) is 4.90 Å². The second-order valence-corrected chi connectivity index (χ2v) is 10.5. The van der Waals surface area contributed by atoms with Crippen molar-refractivity contribution in [2.24, 2.45) is 5.92 Å². The number of benzene rings is 2. The van der Waals surface area contributed by atoms with Crippen LogP contribution in [0.5, 0.6) is 0 Å². The Labute approximate surface area is 187 Å². The van der Waals surface area contributed by atoms with Crippen LogP contribution in [-0.4, -0.2) is 40.4 Å². The molecule has 2 aromatic carbocycles. The zero-order chi connectivity index (χ0) is 21.7. The van der Waals surface area contributed by atoms with Crippen molar-refractivity contribution in [3.63, 3.8) is 0 Å². The first-order valence-electron chi connectivity index (χ1n) is 10.2. The Hall–Kier alpha value is -1.99. The molecule has 0 spiro atoms. The van der Waals surface area contributed by atoms with Crippen LogP contribution in [0.1, 0.15) is 33.6 Å². The van der Waals surface area contributed by atoms with Gasteiger partial charge in [-0.3, -0.25) is 4.31 Å². The molecule has 0 aliphatic carbocycles. The molecule has 7 heteroatoms. The molecule has 30 heavy (non-hydrogen) atoms. The minimum atomic E-state index is -1.36. The van der Waals surface area contributed by atoms with E-state index >= 15 is 0 Å². The Bertz CT molecular complexity index is 866. The average molecular weight is 447 g/mol. The fourth-order valence-corrected chi connectivity index (χ4v) is 4.93. The SMILES string of the molecule is CC(C)(C)OC(=O)N1CCCC(CN(c2ccccc2)S(=O)c2ccc(S)cc2)C1. The molecule has 1 heterocycles. The quantitative estimate of drug-likeness (QED) is 0.646. The molecular formula is C23H30N2O3S2. The molecule has 2 unspecified atom stereocenters. The Kier molecular flexibility index (Phi) is 7.47. The average Bonchev–Trinajstić information content (AvgIpc) is 2.72. The van der Waals surface area contributed by atoms with Crippen molar-refractivity contribution in [2.45, 2.75) is 49.0 Å². The minimum absolute atomic E-state index is 0.208. The molecule has 1 amide bonds. The van der Waals surface area contributed by atoms with E-state index in [1.165, 1.54) is 0 Å². The number of hydrogen-bond donors (Lipinski definition) is 1. The summed E-state index contributed by atoms with van der Waals surface area (Å²) in [5.41, 5.74) is 0.390. The van der Waals surface area contributed by atoms with Crippen molar-refractivity contribution in [3.8, 4) is 0 Å². The van der Waals surface area contributed by atoms with Crippen LogP contribution in [0.15, 0.2) is 64.4 Å². The van der Waals surface area contributed by atoms with Gasteiger partial charge in [0.15, 0.2) is 11.0 Å². The first kappa shape index (κ1) is 22.7. The van der Waals surface area contributed by atoms with Crippen molar-refractivity contribution >= 4 is 35.4 Å². The molecule has 1 saturated heterocycles. The summed E-state index contributed by atoms with van der Waals surface area (Å²) in [5.74, 6) is 0.208. The molecule has 0 aromatic heterocycles. The first-order valence-corrected chi connectivity index (χ1v) is 11.8. The number of rotatable bonds is 5. The van der Waals surface area contributed by atoms with Gasteiger partial charge in [-0.05, 0) is 75.9 Å². The zero-order valence-electron chi connectivity index (χ0n) is 17.8. The van der Waals surface area contributed by atoms with E-state index in [4.69, 9.17) is 4.74 Å². The van der Waals surface area contributed by atoms with E-state index in [1.54, 1.807) is 4.90 Å². The summed E-state index contributed by atoms with van der Waals surface area (Å²) in [6.07, 6.45) is 1.62. The second kappa shape index (κ2) is 9.88. The number of ether oxygens (including phenoxy) is 1. The third-order valence-corrected chi connectivity index (χ3v) is 6.61. The third kappa shape index (κ3) is 6.25. The predicted octanol–water partition coefficient (Wildman–Crippen LogP) is 5.15. The molecule has 5 nitrogen and oxygen atoms in total. The summed E-state index contributed by atoms with van der Waals surface area (Å²) in [5, 5.41) is 0. The molecule has 1 aliphatic heterocycles. The lowest BCUT2D eigenvalue weighted by Crippen LogP contribution is -2.46. The zero-order valence-corrected chi connectivity index (χ0v) is 19.5. The van der Waals surface area contributed by atoms with E-state index in [9.17, 15) is 9.00 Å². The molecule has 2 aromatic rings. The van der Waals surface area contributed by atoms with Gasteiger partial charge in [0.2, 0.25) is 0 Å². The number of carbonyl (C=O) groups is 1. The van der Waals surface area contributed by atoms with Gasteiger partial charge in [-0.15, -0.1) is 12.6 Å². The lowest BCUT2D eigenvalue weighted by molar-refractivity contribution is 0.0171. The van der Waals surface area contributed by atoms with Gasteiger partial charge in [-0.25, -0.2) is 9.00 Å². The molecule has 162 valence electrons. The number of para-hydroxylation sites is 1. The molecule has 1 fully saturated rings. The molecule has 0 radical (unpaired) electrons. The predicted molar refractivity (Wildman–Crippen MR) is 124 cm³/mol. The summed E-state index contributed by atoms with van der Waals surface area (Å²) in [6.45, 7) is 7.53. The Morgan fingerprint density at radius 3 is 2.47 bits per heavy atom. The summed E-state index contributed by atoms with van der Waals surface area (Å²) in [7, 11) is -1.36. The van der Waals surface area contributed by atoms with Crippen LogP contribution in [0.25, 0.3) is 0 Å². The number of carbonyl (C=O) groups excluding carboxylic acids is 1. The number of thiol groups is 1. The molecule has 1 aliphatic rings. The van der Waals surface area contributed by atoms with Crippen LogP contribution in [0, 0.1) is 5.92 Å².